The highest BCUT2D eigenvalue weighted by molar-refractivity contribution is 6.30. The van der Waals surface area contributed by atoms with Crippen molar-refractivity contribution in [3.8, 4) is 5.75 Å². The molecule has 0 aromatic heterocycles. The third kappa shape index (κ3) is 6.00. The van der Waals surface area contributed by atoms with Crippen molar-refractivity contribution in [2.45, 2.75) is 43.8 Å². The fraction of sp³-hybridized carbons (Fsp3) is 0.375. The number of ether oxygens (including phenoxy) is 3. The molecular formula is C32H30Cl2F3N3O4. The Morgan fingerprint density at radius 3 is 2.11 bits per heavy atom. The Bertz CT molecular complexity index is 1530. The number of benzene rings is 3. The Hall–Kier alpha value is -3.31. The first kappa shape index (κ1) is 30.7. The van der Waals surface area contributed by atoms with E-state index in [2.05, 4.69) is 0 Å². The predicted molar refractivity (Wildman–Crippen MR) is 160 cm³/mol. The maximum atomic E-state index is 14.6. The van der Waals surface area contributed by atoms with Gasteiger partial charge in [0, 0.05) is 36.0 Å². The van der Waals surface area contributed by atoms with E-state index in [-0.39, 0.29) is 29.8 Å². The molecule has 0 bridgehead atoms. The first-order valence-corrected chi connectivity index (χ1v) is 15.1. The largest absolute Gasteiger partial charge is 0.493 e. The van der Waals surface area contributed by atoms with E-state index in [1.165, 1.54) is 6.07 Å². The molecule has 7 nitrogen and oxygen atoms in total. The minimum absolute atomic E-state index is 0.0177. The van der Waals surface area contributed by atoms with Gasteiger partial charge in [0.25, 0.3) is 0 Å². The van der Waals surface area contributed by atoms with Crippen LogP contribution in [0.3, 0.4) is 0 Å². The number of carbonyl (C=O) groups is 1. The van der Waals surface area contributed by atoms with Gasteiger partial charge in [-0.1, -0.05) is 47.5 Å². The van der Waals surface area contributed by atoms with Crippen molar-refractivity contribution in [1.29, 1.82) is 0 Å². The van der Waals surface area contributed by atoms with Crippen LogP contribution >= 0.6 is 23.2 Å². The van der Waals surface area contributed by atoms with Crippen LogP contribution in [-0.4, -0.2) is 60.4 Å². The van der Waals surface area contributed by atoms with E-state index in [9.17, 15) is 18.0 Å². The fourth-order valence-electron chi connectivity index (χ4n) is 5.99. The summed E-state index contributed by atoms with van der Waals surface area (Å²) in [6, 6.07) is 15.9. The topological polar surface area (TPSA) is 63.6 Å². The molecule has 0 saturated carbocycles. The Morgan fingerprint density at radius 1 is 0.955 bits per heavy atom. The summed E-state index contributed by atoms with van der Waals surface area (Å²) in [5, 5.41) is 1.06. The minimum atomic E-state index is -4.58. The standard InChI is InChI=1S/C32H30Cl2F3N3O4/c1-2-42-26-19-22(32(35,36)37)7-12-25(26)29-38-27(20-3-8-23(33)9-4-20)28(21-5-10-24(34)11-6-21)40(29)30(41)39-15-13-31(14-16-39)43-17-18-44-31/h3-12,19,27-28H,2,13-18H2,1H3. The highest BCUT2D eigenvalue weighted by Crippen LogP contribution is 2.46. The average molecular weight is 649 g/mol. The first-order valence-electron chi connectivity index (χ1n) is 14.4. The Labute approximate surface area is 263 Å². The number of urea groups is 1. The highest BCUT2D eigenvalue weighted by Gasteiger charge is 2.47. The molecule has 6 rings (SSSR count). The maximum absolute atomic E-state index is 14.6. The molecule has 3 heterocycles. The van der Waals surface area contributed by atoms with Gasteiger partial charge in [-0.3, -0.25) is 9.89 Å². The summed E-state index contributed by atoms with van der Waals surface area (Å²) in [4.78, 5) is 22.9. The van der Waals surface area contributed by atoms with E-state index in [0.29, 0.717) is 49.2 Å². The Kier molecular flexibility index (Phi) is 8.54. The van der Waals surface area contributed by atoms with E-state index >= 15 is 0 Å². The van der Waals surface area contributed by atoms with Crippen LogP contribution < -0.4 is 4.74 Å². The molecule has 1 spiro atoms. The van der Waals surface area contributed by atoms with Gasteiger partial charge < -0.3 is 19.1 Å². The monoisotopic (exact) mass is 647 g/mol. The third-order valence-corrected chi connectivity index (χ3v) is 8.66. The van der Waals surface area contributed by atoms with Crippen molar-refractivity contribution >= 4 is 35.1 Å². The molecule has 0 radical (unpaired) electrons. The minimum Gasteiger partial charge on any atom is -0.493 e. The average Bonchev–Trinajstić information content (AvgIpc) is 3.63. The quantitative estimate of drug-likeness (QED) is 0.282. The lowest BCUT2D eigenvalue weighted by Gasteiger charge is -2.40. The molecule has 2 fully saturated rings. The van der Waals surface area contributed by atoms with Gasteiger partial charge in [-0.2, -0.15) is 13.2 Å². The van der Waals surface area contributed by atoms with Crippen LogP contribution in [0.1, 0.15) is 54.1 Å². The van der Waals surface area contributed by atoms with Crippen molar-refractivity contribution < 1.29 is 32.2 Å². The Balaban J connectivity index is 1.48. The molecule has 3 aromatic rings. The molecule has 2 amide bonds. The van der Waals surface area contributed by atoms with Gasteiger partial charge in [0.2, 0.25) is 0 Å². The second kappa shape index (κ2) is 12.2. The molecule has 0 aliphatic carbocycles. The maximum Gasteiger partial charge on any atom is 0.416 e. The molecule has 3 aromatic carbocycles. The van der Waals surface area contributed by atoms with Crippen LogP contribution in [-0.2, 0) is 15.7 Å². The second-order valence-electron chi connectivity index (χ2n) is 10.8. The highest BCUT2D eigenvalue weighted by atomic mass is 35.5. The van der Waals surface area contributed by atoms with Crippen LogP contribution in [0.4, 0.5) is 18.0 Å². The molecule has 2 unspecified atom stereocenters. The molecule has 232 valence electrons. The van der Waals surface area contributed by atoms with E-state index < -0.39 is 29.6 Å². The predicted octanol–water partition coefficient (Wildman–Crippen LogP) is 7.91. The van der Waals surface area contributed by atoms with Gasteiger partial charge in [-0.25, -0.2) is 4.79 Å². The van der Waals surface area contributed by atoms with Crippen molar-refractivity contribution in [2.24, 2.45) is 4.99 Å². The van der Waals surface area contributed by atoms with Gasteiger partial charge in [-0.05, 0) is 60.5 Å². The lowest BCUT2D eigenvalue weighted by molar-refractivity contribution is -0.181. The summed E-state index contributed by atoms with van der Waals surface area (Å²) in [5.74, 6) is -0.507. The molecular weight excluding hydrogens is 618 g/mol. The van der Waals surface area contributed by atoms with Gasteiger partial charge in [0.05, 0.1) is 37.0 Å². The zero-order valence-corrected chi connectivity index (χ0v) is 25.3. The molecule has 3 aliphatic rings. The number of piperidine rings is 1. The summed E-state index contributed by atoms with van der Waals surface area (Å²) in [7, 11) is 0. The summed E-state index contributed by atoms with van der Waals surface area (Å²) in [6.45, 7) is 3.55. The van der Waals surface area contributed by atoms with Crippen LogP contribution in [0.5, 0.6) is 5.75 Å². The van der Waals surface area contributed by atoms with Gasteiger partial charge in [0.15, 0.2) is 5.79 Å². The van der Waals surface area contributed by atoms with Crippen molar-refractivity contribution in [1.82, 2.24) is 9.80 Å². The summed E-state index contributed by atoms with van der Waals surface area (Å²) in [6.07, 6.45) is -3.59. The number of amidine groups is 1. The zero-order valence-electron chi connectivity index (χ0n) is 23.8. The van der Waals surface area contributed by atoms with E-state index in [1.807, 2.05) is 24.3 Å². The normalized spacial score (nSPS) is 21.5. The summed E-state index contributed by atoms with van der Waals surface area (Å²) < 4.78 is 58.6. The number of amides is 2. The number of nitrogens with zero attached hydrogens (tertiary/aromatic N) is 3. The molecule has 12 heteroatoms. The molecule has 3 aliphatic heterocycles. The van der Waals surface area contributed by atoms with Crippen LogP contribution in [0.15, 0.2) is 71.7 Å². The van der Waals surface area contributed by atoms with Crippen molar-refractivity contribution in [3.63, 3.8) is 0 Å². The third-order valence-electron chi connectivity index (χ3n) is 8.15. The summed E-state index contributed by atoms with van der Waals surface area (Å²) >= 11 is 12.4. The van der Waals surface area contributed by atoms with Gasteiger partial charge >= 0.3 is 12.2 Å². The van der Waals surface area contributed by atoms with Gasteiger partial charge in [-0.15, -0.1) is 0 Å². The van der Waals surface area contributed by atoms with E-state index in [0.717, 1.165) is 23.3 Å². The number of carbonyl (C=O) groups excluding carboxylic acids is 1. The van der Waals surface area contributed by atoms with Crippen molar-refractivity contribution in [2.75, 3.05) is 32.9 Å². The second-order valence-corrected chi connectivity index (χ2v) is 11.7. The smallest absolute Gasteiger partial charge is 0.416 e. The lowest BCUT2D eigenvalue weighted by atomic mass is 9.93. The van der Waals surface area contributed by atoms with Gasteiger partial charge in [0.1, 0.15) is 17.6 Å². The van der Waals surface area contributed by atoms with E-state index in [4.69, 9.17) is 42.4 Å². The Morgan fingerprint density at radius 2 is 1.55 bits per heavy atom. The number of likely N-dealkylation sites (tertiary alicyclic amines) is 1. The zero-order chi connectivity index (χ0) is 31.1. The molecule has 2 saturated heterocycles. The van der Waals surface area contributed by atoms with Crippen LogP contribution in [0.25, 0.3) is 0 Å². The molecule has 2 atom stereocenters. The van der Waals surface area contributed by atoms with E-state index in [1.54, 1.807) is 41.0 Å². The van der Waals surface area contributed by atoms with Crippen molar-refractivity contribution in [3.05, 3.63) is 99.0 Å². The first-order chi connectivity index (χ1) is 21.1. The number of hydrogen-bond acceptors (Lipinski definition) is 5. The number of halogens is 5. The fourth-order valence-corrected chi connectivity index (χ4v) is 6.24. The number of alkyl halides is 3. The number of rotatable bonds is 5. The number of hydrogen-bond donors (Lipinski definition) is 0. The number of aliphatic imine (C=N–C) groups is 1. The molecule has 44 heavy (non-hydrogen) atoms. The van der Waals surface area contributed by atoms with Crippen LogP contribution in [0, 0.1) is 0 Å². The van der Waals surface area contributed by atoms with Crippen LogP contribution in [0.2, 0.25) is 10.0 Å². The summed E-state index contributed by atoms with van der Waals surface area (Å²) in [5.41, 5.74) is 0.946. The lowest BCUT2D eigenvalue weighted by Crippen LogP contribution is -2.53. The molecule has 0 N–H and O–H groups in total. The SMILES string of the molecule is CCOc1cc(C(F)(F)F)ccc1C1=NC(c2ccc(Cl)cc2)C(c2ccc(Cl)cc2)N1C(=O)N1CCC2(CC1)OCCO2.